The third-order valence-electron chi connectivity index (χ3n) is 13.4. The first kappa shape index (κ1) is 36.0. The number of hydrogen-bond donors (Lipinski definition) is 0. The van der Waals surface area contributed by atoms with Gasteiger partial charge in [-0.2, -0.15) is 0 Å². The molecule has 1 aliphatic rings. The minimum Gasteiger partial charge on any atom is -0.456 e. The highest BCUT2D eigenvalue weighted by Crippen LogP contribution is 2.50. The summed E-state index contributed by atoms with van der Waals surface area (Å²) >= 11 is 3.62. The Morgan fingerprint density at radius 3 is 1.66 bits per heavy atom. The maximum atomic E-state index is 6.70. The van der Waals surface area contributed by atoms with Gasteiger partial charge < -0.3 is 4.42 Å². The molecule has 13 aromatic rings. The second-order valence-electron chi connectivity index (χ2n) is 16.9. The smallest absolute Gasteiger partial charge is 0.164 e. The Balaban J connectivity index is 1.08. The van der Waals surface area contributed by atoms with Gasteiger partial charge in [0.05, 0.1) is 0 Å². The maximum absolute atomic E-state index is 6.70. The molecule has 0 bridgehead atoms. The van der Waals surface area contributed by atoms with Crippen LogP contribution in [0, 0.1) is 0 Å². The number of nitrogens with zero attached hydrogens (tertiary/aromatic N) is 3. The fourth-order valence-corrected chi connectivity index (χ4v) is 12.9. The third-order valence-corrected chi connectivity index (χ3v) is 15.7. The number of aromatic nitrogens is 3. The van der Waals surface area contributed by atoms with Crippen LogP contribution in [0.2, 0.25) is 0 Å². The van der Waals surface area contributed by atoms with Crippen molar-refractivity contribution in [3.05, 3.63) is 199 Å². The molecule has 0 saturated carbocycles. The molecule has 0 spiro atoms. The molecule has 1 atom stereocenters. The zero-order valence-electron chi connectivity index (χ0n) is 34.4. The van der Waals surface area contributed by atoms with Gasteiger partial charge in [0.2, 0.25) is 0 Å². The second-order valence-corrected chi connectivity index (χ2v) is 19.1. The fourth-order valence-electron chi connectivity index (χ4n) is 10.6. The lowest BCUT2D eigenvalue weighted by Gasteiger charge is -2.23. The van der Waals surface area contributed by atoms with Gasteiger partial charge in [0.25, 0.3) is 0 Å². The number of furan rings is 1. The van der Waals surface area contributed by atoms with E-state index in [1.54, 1.807) is 0 Å². The van der Waals surface area contributed by atoms with Crippen LogP contribution in [0.5, 0.6) is 0 Å². The molecule has 0 amide bonds. The van der Waals surface area contributed by atoms with E-state index < -0.39 is 0 Å². The van der Waals surface area contributed by atoms with E-state index in [0.29, 0.717) is 17.5 Å². The summed E-state index contributed by atoms with van der Waals surface area (Å²) in [7, 11) is 0. The summed E-state index contributed by atoms with van der Waals surface area (Å²) in [5.41, 5.74) is 11.2. The first-order valence-electron chi connectivity index (χ1n) is 21.8. The quantitative estimate of drug-likeness (QED) is 0.177. The number of aryl methyl sites for hydroxylation is 1. The SMILES string of the molecule is c1ccc2c(c1)-c1cc3ccccc3cc1CCC2c1c(-c2nc(-c3cccc4sc5ccccc5c34)nc(-c3cccc4sc5ccccc5c34)n2)ccc2oc3ccccc3c12. The average molecular weight is 854 g/mol. The molecule has 0 fully saturated rings. The third kappa shape index (κ3) is 5.43. The molecular weight excluding hydrogens is 819 g/mol. The van der Waals surface area contributed by atoms with Crippen LogP contribution in [0.3, 0.4) is 0 Å². The Hall–Kier alpha value is -7.51. The Morgan fingerprint density at radius 2 is 0.953 bits per heavy atom. The topological polar surface area (TPSA) is 51.8 Å². The van der Waals surface area contributed by atoms with Crippen molar-refractivity contribution in [1.82, 2.24) is 15.0 Å². The van der Waals surface area contributed by atoms with Crippen LogP contribution < -0.4 is 0 Å². The lowest BCUT2D eigenvalue weighted by atomic mass is 9.81. The predicted octanol–water partition coefficient (Wildman–Crippen LogP) is 16.4. The van der Waals surface area contributed by atoms with Gasteiger partial charge in [-0.3, -0.25) is 0 Å². The summed E-state index contributed by atoms with van der Waals surface area (Å²) in [5, 5.41) is 9.50. The van der Waals surface area contributed by atoms with Crippen molar-refractivity contribution in [2.24, 2.45) is 0 Å². The Kier molecular flexibility index (Phi) is 7.88. The minimum atomic E-state index is 0.00332. The molecule has 9 aromatic carbocycles. The summed E-state index contributed by atoms with van der Waals surface area (Å²) in [6.45, 7) is 0. The molecule has 1 aliphatic carbocycles. The summed E-state index contributed by atoms with van der Waals surface area (Å²) < 4.78 is 11.6. The standard InChI is InChI=1S/C58H35N3OS2/c1-2-14-34-32-45-35(31-33(34)13-1)27-28-38(36-15-3-4-16-37(36)45)54-44(29-30-47-55(54)39-17-5-8-22-46(39)62-47)58-60-56(42-20-11-25-50-52(42)40-18-6-9-23-48(40)63-50)59-57(61-58)43-21-12-26-51-53(43)41-19-7-10-24-49(41)64-51/h1-26,29-32,38H,27-28H2. The number of benzene rings is 9. The predicted molar refractivity (Wildman–Crippen MR) is 269 cm³/mol. The second kappa shape index (κ2) is 14.0. The largest absolute Gasteiger partial charge is 0.456 e. The molecular formula is C58H35N3OS2. The first-order valence-corrected chi connectivity index (χ1v) is 23.5. The van der Waals surface area contributed by atoms with E-state index >= 15 is 0 Å². The van der Waals surface area contributed by atoms with Crippen molar-refractivity contribution < 1.29 is 4.42 Å². The normalized spacial score (nSPS) is 14.0. The molecule has 6 heteroatoms. The fraction of sp³-hybridized carbons (Fsp3) is 0.0517. The van der Waals surface area contributed by atoms with E-state index in [-0.39, 0.29) is 5.92 Å². The summed E-state index contributed by atoms with van der Waals surface area (Å²) in [6.07, 6.45) is 1.82. The molecule has 1 unspecified atom stereocenters. The van der Waals surface area contributed by atoms with Gasteiger partial charge in [-0.05, 0) is 100.0 Å². The number of rotatable bonds is 4. The molecule has 0 N–H and O–H groups in total. The molecule has 0 aliphatic heterocycles. The molecule has 14 rings (SSSR count). The van der Waals surface area contributed by atoms with Gasteiger partial charge in [-0.15, -0.1) is 22.7 Å². The molecule has 64 heavy (non-hydrogen) atoms. The van der Waals surface area contributed by atoms with E-state index in [4.69, 9.17) is 19.4 Å². The van der Waals surface area contributed by atoms with Gasteiger partial charge in [0, 0.05) is 73.7 Å². The Bertz CT molecular complexity index is 3930. The lowest BCUT2D eigenvalue weighted by molar-refractivity contribution is 0.667. The first-order chi connectivity index (χ1) is 31.7. The zero-order valence-corrected chi connectivity index (χ0v) is 36.0. The maximum Gasteiger partial charge on any atom is 0.164 e. The van der Waals surface area contributed by atoms with Gasteiger partial charge in [0.1, 0.15) is 11.2 Å². The van der Waals surface area contributed by atoms with Gasteiger partial charge in [0.15, 0.2) is 17.5 Å². The van der Waals surface area contributed by atoms with Crippen molar-refractivity contribution in [3.8, 4) is 45.3 Å². The zero-order chi connectivity index (χ0) is 41.9. The number of thiophene rings is 2. The van der Waals surface area contributed by atoms with Crippen LogP contribution in [0.4, 0.5) is 0 Å². The van der Waals surface area contributed by atoms with Crippen LogP contribution in [-0.4, -0.2) is 15.0 Å². The lowest BCUT2D eigenvalue weighted by Crippen LogP contribution is -2.08. The molecule has 4 nitrogen and oxygen atoms in total. The van der Waals surface area contributed by atoms with Gasteiger partial charge in [-0.25, -0.2) is 15.0 Å². The molecule has 0 saturated heterocycles. The van der Waals surface area contributed by atoms with Crippen LogP contribution in [0.15, 0.2) is 186 Å². The molecule has 0 radical (unpaired) electrons. The van der Waals surface area contributed by atoms with Crippen LogP contribution in [0.25, 0.3) is 118 Å². The van der Waals surface area contributed by atoms with Crippen molar-refractivity contribution in [2.75, 3.05) is 0 Å². The van der Waals surface area contributed by atoms with Crippen molar-refractivity contribution in [2.45, 2.75) is 18.8 Å². The van der Waals surface area contributed by atoms with Gasteiger partial charge >= 0.3 is 0 Å². The monoisotopic (exact) mass is 853 g/mol. The number of para-hydroxylation sites is 1. The average Bonchev–Trinajstić information content (AvgIpc) is 4.02. The molecule has 4 heterocycles. The molecule has 4 aromatic heterocycles. The summed E-state index contributed by atoms with van der Waals surface area (Å²) in [6, 6.07) is 65.8. The Morgan fingerprint density at radius 1 is 0.406 bits per heavy atom. The highest BCUT2D eigenvalue weighted by atomic mass is 32.1. The van der Waals surface area contributed by atoms with Crippen LogP contribution >= 0.6 is 22.7 Å². The van der Waals surface area contributed by atoms with Crippen LogP contribution in [0.1, 0.15) is 29.0 Å². The van der Waals surface area contributed by atoms with E-state index in [2.05, 4.69) is 182 Å². The van der Waals surface area contributed by atoms with Gasteiger partial charge in [-0.1, -0.05) is 133 Å². The Labute approximate surface area is 375 Å². The minimum absolute atomic E-state index is 0.00332. The summed E-state index contributed by atoms with van der Waals surface area (Å²) in [5.74, 6) is 1.98. The van der Waals surface area contributed by atoms with E-state index in [0.717, 1.165) is 51.5 Å². The highest BCUT2D eigenvalue weighted by molar-refractivity contribution is 7.26. The van der Waals surface area contributed by atoms with E-state index in [1.165, 1.54) is 78.9 Å². The summed E-state index contributed by atoms with van der Waals surface area (Å²) in [4.78, 5) is 16.7. The van der Waals surface area contributed by atoms with Crippen molar-refractivity contribution in [3.63, 3.8) is 0 Å². The van der Waals surface area contributed by atoms with Crippen molar-refractivity contribution in [1.29, 1.82) is 0 Å². The van der Waals surface area contributed by atoms with Crippen LogP contribution in [-0.2, 0) is 6.42 Å². The number of fused-ring (bicyclic) bond motifs is 13. The molecule has 300 valence electrons. The van der Waals surface area contributed by atoms with E-state index in [9.17, 15) is 0 Å². The highest BCUT2D eigenvalue weighted by Gasteiger charge is 2.31. The van der Waals surface area contributed by atoms with Crippen molar-refractivity contribution >= 4 is 95.7 Å². The number of hydrogen-bond acceptors (Lipinski definition) is 6. The van der Waals surface area contributed by atoms with E-state index in [1.807, 2.05) is 22.7 Å².